The molecule has 2 heterocycles. The lowest BCUT2D eigenvalue weighted by Gasteiger charge is -2.08. The van der Waals surface area contributed by atoms with E-state index in [1.54, 1.807) is 13.1 Å². The molecule has 2 N–H and O–H groups in total. The van der Waals surface area contributed by atoms with E-state index in [1.807, 2.05) is 48.5 Å². The summed E-state index contributed by atoms with van der Waals surface area (Å²) in [5.41, 5.74) is 2.82. The van der Waals surface area contributed by atoms with Gasteiger partial charge in [-0.2, -0.15) is 5.21 Å². The summed E-state index contributed by atoms with van der Waals surface area (Å²) >= 11 is 1.38. The van der Waals surface area contributed by atoms with E-state index in [2.05, 4.69) is 30.6 Å². The monoisotopic (exact) mass is 362 g/mol. The number of aryl methyl sites for hydroxylation is 1. The van der Waals surface area contributed by atoms with Crippen LogP contribution in [0.2, 0.25) is 0 Å². The molecule has 2 aromatic heterocycles. The van der Waals surface area contributed by atoms with Crippen molar-refractivity contribution < 1.29 is 0 Å². The molecule has 26 heavy (non-hydrogen) atoms. The van der Waals surface area contributed by atoms with Gasteiger partial charge in [-0.15, -0.1) is 10.2 Å². The average molecular weight is 362 g/mol. The first-order valence-corrected chi connectivity index (χ1v) is 8.69. The number of H-pyrrole nitrogens is 2. The summed E-state index contributed by atoms with van der Waals surface area (Å²) in [7, 11) is 0. The first-order valence-electron chi connectivity index (χ1n) is 7.88. The van der Waals surface area contributed by atoms with Crippen LogP contribution >= 0.6 is 11.8 Å². The second-order valence-electron chi connectivity index (χ2n) is 5.57. The van der Waals surface area contributed by atoms with Gasteiger partial charge in [0.1, 0.15) is 5.82 Å². The number of hydrogen-bond acceptors (Lipinski definition) is 6. The third kappa shape index (κ3) is 3.27. The summed E-state index contributed by atoms with van der Waals surface area (Å²) in [4.78, 5) is 20.3. The Labute approximate surface area is 152 Å². The van der Waals surface area contributed by atoms with Gasteiger partial charge in [0.05, 0.1) is 4.90 Å². The summed E-state index contributed by atoms with van der Waals surface area (Å²) in [6, 6.07) is 15.9. The van der Waals surface area contributed by atoms with Crippen LogP contribution in [0.3, 0.4) is 0 Å². The quantitative estimate of drug-likeness (QED) is 0.579. The number of nitrogens with zero attached hydrogens (tertiary/aromatic N) is 4. The van der Waals surface area contributed by atoms with Gasteiger partial charge in [0.2, 0.25) is 5.82 Å². The van der Waals surface area contributed by atoms with Crippen LogP contribution < -0.4 is 5.56 Å². The minimum atomic E-state index is -0.131. The van der Waals surface area contributed by atoms with E-state index in [0.29, 0.717) is 16.5 Å². The molecule has 4 aromatic rings. The van der Waals surface area contributed by atoms with Crippen LogP contribution in [-0.4, -0.2) is 30.6 Å². The Morgan fingerprint density at radius 1 is 1.00 bits per heavy atom. The number of nitrogens with one attached hydrogen (secondary N) is 2. The van der Waals surface area contributed by atoms with Gasteiger partial charge in [0.25, 0.3) is 5.56 Å². The van der Waals surface area contributed by atoms with E-state index in [1.165, 1.54) is 11.8 Å². The molecule has 0 bridgehead atoms. The van der Waals surface area contributed by atoms with Crippen molar-refractivity contribution in [2.45, 2.75) is 16.7 Å². The van der Waals surface area contributed by atoms with Gasteiger partial charge in [0.15, 0.2) is 0 Å². The number of aromatic amines is 2. The number of rotatable bonds is 4. The summed E-state index contributed by atoms with van der Waals surface area (Å²) < 4.78 is 0. The van der Waals surface area contributed by atoms with Crippen molar-refractivity contribution >= 4 is 11.8 Å². The molecule has 0 aliphatic heterocycles. The molecule has 0 saturated heterocycles. The molecule has 8 heteroatoms. The highest BCUT2D eigenvalue weighted by Gasteiger charge is 2.11. The third-order valence-corrected chi connectivity index (χ3v) is 4.82. The zero-order valence-electron chi connectivity index (χ0n) is 13.8. The van der Waals surface area contributed by atoms with E-state index >= 15 is 0 Å². The predicted octanol–water partition coefficient (Wildman–Crippen LogP) is 3.08. The average Bonchev–Trinajstić information content (AvgIpc) is 3.19. The lowest BCUT2D eigenvalue weighted by molar-refractivity contribution is 0.881. The second-order valence-corrected chi connectivity index (χ2v) is 6.68. The van der Waals surface area contributed by atoms with E-state index in [0.717, 1.165) is 21.6 Å². The smallest absolute Gasteiger partial charge is 0.264 e. The Kier molecular flexibility index (Phi) is 4.32. The Morgan fingerprint density at radius 2 is 1.77 bits per heavy atom. The standard InChI is InChI=1S/C18H14N6OS/c1-11-19-10-16(18(25)20-11)26-13-8-6-12(7-9-13)14-4-2-3-5-15(14)17-21-23-24-22-17/h2-10H,1H3,(H,19,20,25)(H,21,22,23,24). The molecule has 7 nitrogen and oxygen atoms in total. The maximum absolute atomic E-state index is 12.0. The molecule has 0 aliphatic carbocycles. The molecule has 0 fully saturated rings. The van der Waals surface area contributed by atoms with Crippen molar-refractivity contribution in [2.24, 2.45) is 0 Å². The van der Waals surface area contributed by atoms with E-state index < -0.39 is 0 Å². The van der Waals surface area contributed by atoms with Gasteiger partial charge in [0, 0.05) is 16.7 Å². The molecule has 0 atom stereocenters. The van der Waals surface area contributed by atoms with Crippen molar-refractivity contribution in [3.8, 4) is 22.5 Å². The first-order chi connectivity index (χ1) is 12.7. The molecule has 0 radical (unpaired) electrons. The second kappa shape index (κ2) is 6.93. The number of hydrogen-bond donors (Lipinski definition) is 2. The third-order valence-electron chi connectivity index (χ3n) is 3.80. The molecule has 0 amide bonds. The van der Waals surface area contributed by atoms with E-state index in [9.17, 15) is 4.79 Å². The minimum Gasteiger partial charge on any atom is -0.310 e. The fourth-order valence-corrected chi connectivity index (χ4v) is 3.36. The molecule has 0 saturated carbocycles. The Morgan fingerprint density at radius 3 is 2.46 bits per heavy atom. The Hall–Kier alpha value is -3.26. The molecule has 0 spiro atoms. The lowest BCUT2D eigenvalue weighted by Crippen LogP contribution is -2.10. The normalized spacial score (nSPS) is 10.8. The van der Waals surface area contributed by atoms with Crippen LogP contribution in [0, 0.1) is 6.92 Å². The fourth-order valence-electron chi connectivity index (χ4n) is 2.58. The molecule has 4 rings (SSSR count). The van der Waals surface area contributed by atoms with Crippen molar-refractivity contribution in [3.63, 3.8) is 0 Å². The molecule has 2 aromatic carbocycles. The topological polar surface area (TPSA) is 100 Å². The molecular weight excluding hydrogens is 348 g/mol. The summed E-state index contributed by atoms with van der Waals surface area (Å²) in [6.07, 6.45) is 1.60. The summed E-state index contributed by atoms with van der Waals surface area (Å²) in [6.45, 7) is 1.76. The van der Waals surface area contributed by atoms with Crippen molar-refractivity contribution in [3.05, 3.63) is 70.9 Å². The molecule has 0 aliphatic rings. The van der Waals surface area contributed by atoms with Crippen LogP contribution in [0.15, 0.2) is 69.3 Å². The van der Waals surface area contributed by atoms with Gasteiger partial charge < -0.3 is 4.98 Å². The number of tetrazole rings is 1. The lowest BCUT2D eigenvalue weighted by atomic mass is 9.99. The fraction of sp³-hybridized carbons (Fsp3) is 0.0556. The van der Waals surface area contributed by atoms with Crippen LogP contribution in [-0.2, 0) is 0 Å². The number of benzene rings is 2. The van der Waals surface area contributed by atoms with Gasteiger partial charge in [-0.3, -0.25) is 4.79 Å². The van der Waals surface area contributed by atoms with Crippen LogP contribution in [0.1, 0.15) is 5.82 Å². The Bertz CT molecular complexity index is 1090. The van der Waals surface area contributed by atoms with Crippen molar-refractivity contribution in [1.29, 1.82) is 0 Å². The first kappa shape index (κ1) is 16.2. The zero-order valence-corrected chi connectivity index (χ0v) is 14.6. The largest absolute Gasteiger partial charge is 0.310 e. The van der Waals surface area contributed by atoms with Crippen molar-refractivity contribution in [2.75, 3.05) is 0 Å². The molecule has 0 unspecified atom stereocenters. The maximum atomic E-state index is 12.0. The van der Waals surface area contributed by atoms with Crippen LogP contribution in [0.25, 0.3) is 22.5 Å². The van der Waals surface area contributed by atoms with Gasteiger partial charge in [-0.1, -0.05) is 48.2 Å². The van der Waals surface area contributed by atoms with Crippen molar-refractivity contribution in [1.82, 2.24) is 30.6 Å². The van der Waals surface area contributed by atoms with Crippen LogP contribution in [0.5, 0.6) is 0 Å². The highest BCUT2D eigenvalue weighted by atomic mass is 32.2. The number of aromatic nitrogens is 6. The van der Waals surface area contributed by atoms with Crippen LogP contribution in [0.4, 0.5) is 0 Å². The highest BCUT2D eigenvalue weighted by molar-refractivity contribution is 7.99. The minimum absolute atomic E-state index is 0.131. The highest BCUT2D eigenvalue weighted by Crippen LogP contribution is 2.32. The predicted molar refractivity (Wildman–Crippen MR) is 98.8 cm³/mol. The van der Waals surface area contributed by atoms with E-state index in [4.69, 9.17) is 0 Å². The molecular formula is C18H14N6OS. The zero-order chi connectivity index (χ0) is 17.9. The molecule has 128 valence electrons. The van der Waals surface area contributed by atoms with E-state index in [-0.39, 0.29) is 5.56 Å². The summed E-state index contributed by atoms with van der Waals surface area (Å²) in [5.74, 6) is 1.16. The summed E-state index contributed by atoms with van der Waals surface area (Å²) in [5, 5.41) is 14.2. The maximum Gasteiger partial charge on any atom is 0.264 e. The van der Waals surface area contributed by atoms with Gasteiger partial charge in [-0.05, 0) is 35.4 Å². The van der Waals surface area contributed by atoms with Gasteiger partial charge in [-0.25, -0.2) is 4.98 Å². The Balaban J connectivity index is 1.64. The van der Waals surface area contributed by atoms with Gasteiger partial charge >= 0.3 is 0 Å². The SMILES string of the molecule is Cc1ncc(Sc2ccc(-c3ccccc3-c3nn[nH]n3)cc2)c(=O)[nH]1.